The summed E-state index contributed by atoms with van der Waals surface area (Å²) in [6.07, 6.45) is 2.02. The molecule has 4 nitrogen and oxygen atoms in total. The normalized spacial score (nSPS) is 15.5. The van der Waals surface area contributed by atoms with Crippen LogP contribution in [0.15, 0.2) is 77.3 Å². The van der Waals surface area contributed by atoms with Gasteiger partial charge in [0, 0.05) is 15.7 Å². The molecule has 0 saturated carbocycles. The van der Waals surface area contributed by atoms with Gasteiger partial charge in [-0.2, -0.15) is 8.78 Å². The molecule has 0 radical (unpaired) electrons. The zero-order valence-electron chi connectivity index (χ0n) is 16.5. The van der Waals surface area contributed by atoms with Crippen molar-refractivity contribution in [1.29, 1.82) is 0 Å². The number of rotatable bonds is 4. The van der Waals surface area contributed by atoms with Crippen molar-refractivity contribution in [2.45, 2.75) is 19.6 Å². The molecule has 1 N–H and O–H groups in total. The van der Waals surface area contributed by atoms with Crippen LogP contribution in [-0.4, -0.2) is 16.2 Å². The van der Waals surface area contributed by atoms with E-state index in [1.165, 1.54) is 0 Å². The van der Waals surface area contributed by atoms with Gasteiger partial charge in [0.25, 0.3) is 0 Å². The first-order valence-corrected chi connectivity index (χ1v) is 10.6. The lowest BCUT2D eigenvalue weighted by Crippen LogP contribution is -2.20. The van der Waals surface area contributed by atoms with Gasteiger partial charge in [0.05, 0.1) is 17.1 Å². The Morgan fingerprint density at radius 3 is 2.61 bits per heavy atom. The number of benzene rings is 3. The summed E-state index contributed by atoms with van der Waals surface area (Å²) in [7, 11) is 0. The number of alkyl halides is 2. The maximum absolute atomic E-state index is 13.2. The van der Waals surface area contributed by atoms with Crippen LogP contribution < -0.4 is 10.1 Å². The van der Waals surface area contributed by atoms with Gasteiger partial charge in [-0.05, 0) is 48.9 Å². The minimum atomic E-state index is -2.92. The number of allylic oxidation sites excluding steroid dienone is 1. The van der Waals surface area contributed by atoms with Crippen LogP contribution in [0.1, 0.15) is 22.7 Å². The van der Waals surface area contributed by atoms with Crippen LogP contribution >= 0.6 is 15.9 Å². The van der Waals surface area contributed by atoms with Gasteiger partial charge in [0.1, 0.15) is 5.75 Å². The van der Waals surface area contributed by atoms with E-state index in [0.29, 0.717) is 11.5 Å². The Bertz CT molecular complexity index is 1300. The number of ether oxygens (including phenoxy) is 1. The zero-order valence-corrected chi connectivity index (χ0v) is 18.1. The highest BCUT2D eigenvalue weighted by Crippen LogP contribution is 2.41. The lowest BCUT2D eigenvalue weighted by Gasteiger charge is -2.28. The van der Waals surface area contributed by atoms with Crippen molar-refractivity contribution in [2.24, 2.45) is 0 Å². The Kier molecular flexibility index (Phi) is 4.98. The van der Waals surface area contributed by atoms with E-state index in [-0.39, 0.29) is 5.75 Å². The fraction of sp³-hybridized carbons (Fsp3) is 0.125. The highest BCUT2D eigenvalue weighted by molar-refractivity contribution is 9.10. The number of hydrogen-bond acceptors (Lipinski definition) is 3. The predicted molar refractivity (Wildman–Crippen MR) is 121 cm³/mol. The molecule has 31 heavy (non-hydrogen) atoms. The van der Waals surface area contributed by atoms with Gasteiger partial charge in [-0.25, -0.2) is 4.98 Å². The molecule has 0 amide bonds. The summed E-state index contributed by atoms with van der Waals surface area (Å²) in [5.41, 5.74) is 5.34. The molecule has 1 aliphatic heterocycles. The first-order chi connectivity index (χ1) is 15.0. The average molecular weight is 482 g/mol. The smallest absolute Gasteiger partial charge is 0.387 e. The number of anilines is 1. The van der Waals surface area contributed by atoms with E-state index in [0.717, 1.165) is 32.3 Å². The standard InChI is InChI=1S/C24H18BrF2N3O/c1-14-6-8-15(9-7-14)19-13-21(17-12-16(25)10-11-22(17)31-23(26)27)30-20-5-3-2-4-18(20)28-24(30)29-19/h2-13,21,23H,1H3,(H,28,29). The second-order valence-corrected chi connectivity index (χ2v) is 8.29. The van der Waals surface area contributed by atoms with Gasteiger partial charge in [-0.1, -0.05) is 57.9 Å². The van der Waals surface area contributed by atoms with E-state index in [2.05, 4.69) is 21.2 Å². The number of halogens is 3. The fourth-order valence-electron chi connectivity index (χ4n) is 3.89. The number of nitrogens with one attached hydrogen (secondary N) is 1. The van der Waals surface area contributed by atoms with Crippen molar-refractivity contribution in [3.05, 3.63) is 94.0 Å². The van der Waals surface area contributed by atoms with Crippen LogP contribution in [0.4, 0.5) is 14.7 Å². The van der Waals surface area contributed by atoms with E-state index in [4.69, 9.17) is 9.72 Å². The van der Waals surface area contributed by atoms with Crippen molar-refractivity contribution in [3.8, 4) is 5.75 Å². The molecule has 1 atom stereocenters. The maximum atomic E-state index is 13.2. The van der Waals surface area contributed by atoms with Crippen LogP contribution in [-0.2, 0) is 0 Å². The minimum absolute atomic E-state index is 0.133. The summed E-state index contributed by atoms with van der Waals surface area (Å²) in [6.45, 7) is -0.884. The Morgan fingerprint density at radius 2 is 1.84 bits per heavy atom. The van der Waals surface area contributed by atoms with E-state index in [9.17, 15) is 8.78 Å². The van der Waals surface area contributed by atoms with Crippen LogP contribution in [0.5, 0.6) is 5.75 Å². The summed E-state index contributed by atoms with van der Waals surface area (Å²) >= 11 is 3.47. The maximum Gasteiger partial charge on any atom is 0.387 e. The summed E-state index contributed by atoms with van der Waals surface area (Å²) in [5, 5.41) is 3.41. The van der Waals surface area contributed by atoms with Gasteiger partial charge in [0.2, 0.25) is 5.95 Å². The molecule has 2 heterocycles. The molecule has 1 unspecified atom stereocenters. The van der Waals surface area contributed by atoms with Crippen LogP contribution in [0, 0.1) is 6.92 Å². The summed E-state index contributed by atoms with van der Waals surface area (Å²) < 4.78 is 34.0. The lowest BCUT2D eigenvalue weighted by molar-refractivity contribution is -0.0505. The van der Waals surface area contributed by atoms with Gasteiger partial charge >= 0.3 is 6.61 Å². The highest BCUT2D eigenvalue weighted by atomic mass is 79.9. The zero-order chi connectivity index (χ0) is 21.5. The largest absolute Gasteiger partial charge is 0.434 e. The molecule has 1 aromatic heterocycles. The molecule has 0 fully saturated rings. The monoisotopic (exact) mass is 481 g/mol. The second kappa shape index (κ2) is 7.81. The molecule has 5 rings (SSSR count). The predicted octanol–water partition coefficient (Wildman–Crippen LogP) is 6.76. The molecule has 0 spiro atoms. The van der Waals surface area contributed by atoms with Crippen molar-refractivity contribution in [1.82, 2.24) is 9.55 Å². The molecular weight excluding hydrogens is 464 g/mol. The number of imidazole rings is 1. The highest BCUT2D eigenvalue weighted by Gasteiger charge is 2.28. The van der Waals surface area contributed by atoms with Crippen LogP contribution in [0.2, 0.25) is 0 Å². The van der Waals surface area contributed by atoms with Crippen LogP contribution in [0.3, 0.4) is 0 Å². The van der Waals surface area contributed by atoms with E-state index in [1.54, 1.807) is 12.1 Å². The third kappa shape index (κ3) is 3.70. The number of para-hydroxylation sites is 2. The molecule has 156 valence electrons. The summed E-state index contributed by atoms with van der Waals surface area (Å²) in [4.78, 5) is 4.75. The summed E-state index contributed by atoms with van der Waals surface area (Å²) in [5.74, 6) is 0.778. The molecule has 0 aliphatic carbocycles. The van der Waals surface area contributed by atoms with Crippen molar-refractivity contribution in [3.63, 3.8) is 0 Å². The first kappa shape index (κ1) is 19.8. The third-order valence-corrected chi connectivity index (χ3v) is 5.81. The molecule has 0 bridgehead atoms. The minimum Gasteiger partial charge on any atom is -0.434 e. The number of fused-ring (bicyclic) bond motifs is 3. The first-order valence-electron chi connectivity index (χ1n) is 9.77. The van der Waals surface area contributed by atoms with Crippen molar-refractivity contribution < 1.29 is 13.5 Å². The van der Waals surface area contributed by atoms with Gasteiger partial charge in [0.15, 0.2) is 0 Å². The molecular formula is C24H18BrF2N3O. The van der Waals surface area contributed by atoms with E-state index >= 15 is 0 Å². The van der Waals surface area contributed by atoms with E-state index < -0.39 is 12.7 Å². The van der Waals surface area contributed by atoms with E-state index in [1.807, 2.05) is 72.2 Å². The quantitative estimate of drug-likeness (QED) is 0.349. The Hall–Kier alpha value is -3.19. The molecule has 4 aromatic rings. The van der Waals surface area contributed by atoms with Crippen LogP contribution in [0.25, 0.3) is 16.7 Å². The Morgan fingerprint density at radius 1 is 1.06 bits per heavy atom. The van der Waals surface area contributed by atoms with Crippen molar-refractivity contribution >= 4 is 38.6 Å². The number of aromatic nitrogens is 2. The molecule has 1 aliphatic rings. The topological polar surface area (TPSA) is 39.1 Å². The van der Waals surface area contributed by atoms with Crippen molar-refractivity contribution in [2.75, 3.05) is 5.32 Å². The van der Waals surface area contributed by atoms with Gasteiger partial charge < -0.3 is 10.1 Å². The molecule has 0 saturated heterocycles. The number of nitrogens with zero attached hydrogens (tertiary/aromatic N) is 2. The lowest BCUT2D eigenvalue weighted by atomic mass is 9.99. The molecule has 7 heteroatoms. The van der Waals surface area contributed by atoms with Gasteiger partial charge in [-0.3, -0.25) is 4.57 Å². The third-order valence-electron chi connectivity index (χ3n) is 5.31. The number of aryl methyl sites for hydroxylation is 1. The number of hydrogen-bond donors (Lipinski definition) is 1. The van der Waals surface area contributed by atoms with Gasteiger partial charge in [-0.15, -0.1) is 0 Å². The second-order valence-electron chi connectivity index (χ2n) is 7.37. The summed E-state index contributed by atoms with van der Waals surface area (Å²) in [6, 6.07) is 20.6. The average Bonchev–Trinajstić information content (AvgIpc) is 3.13. The fourth-order valence-corrected chi connectivity index (χ4v) is 4.27. The Balaban J connectivity index is 1.74. The molecule has 3 aromatic carbocycles. The Labute approximate surface area is 186 Å². The SMILES string of the molecule is Cc1ccc(C2=CC(c3cc(Br)ccc3OC(F)F)n3c(nc4ccccc43)N2)cc1.